The van der Waals surface area contributed by atoms with E-state index in [0.29, 0.717) is 12.0 Å². The van der Waals surface area contributed by atoms with E-state index in [0.717, 1.165) is 0 Å². The van der Waals surface area contributed by atoms with E-state index in [1.165, 1.54) is 24.3 Å². The second kappa shape index (κ2) is 3.75. The van der Waals surface area contributed by atoms with Gasteiger partial charge >= 0.3 is 0 Å². The Balaban J connectivity index is 3.13. The molecule has 0 aliphatic heterocycles. The number of quaternary nitrogens is 1. The van der Waals surface area contributed by atoms with Crippen molar-refractivity contribution in [2.75, 3.05) is 0 Å². The highest BCUT2D eigenvalue weighted by Gasteiger charge is 2.31. The highest BCUT2D eigenvalue weighted by Crippen LogP contribution is 2.19. The Morgan fingerprint density at radius 2 is 2.00 bits per heavy atom. The third-order valence-corrected chi connectivity index (χ3v) is 2.39. The number of carboxylic acids is 1. The molecule has 0 radical (unpaired) electrons. The molecule has 3 N–H and O–H groups in total. The Labute approximate surface area is 81.4 Å². The fourth-order valence-corrected chi connectivity index (χ4v) is 1.24. The van der Waals surface area contributed by atoms with E-state index in [1.807, 2.05) is 0 Å². The molecule has 3 nitrogen and oxygen atoms in total. The Kier molecular flexibility index (Phi) is 2.86. The first-order valence-corrected chi connectivity index (χ1v) is 4.33. The maximum atomic E-state index is 12.6. The summed E-state index contributed by atoms with van der Waals surface area (Å²) in [6.07, 6.45) is 0.307. The summed E-state index contributed by atoms with van der Waals surface area (Å²) < 4.78 is 12.6. The molecule has 0 amide bonds. The molecule has 0 aromatic heterocycles. The van der Waals surface area contributed by atoms with Crippen LogP contribution in [0.1, 0.15) is 18.9 Å². The minimum Gasteiger partial charge on any atom is -0.543 e. The van der Waals surface area contributed by atoms with Crippen LogP contribution in [0.25, 0.3) is 0 Å². The molecule has 14 heavy (non-hydrogen) atoms. The van der Waals surface area contributed by atoms with Gasteiger partial charge in [0.2, 0.25) is 0 Å². The van der Waals surface area contributed by atoms with E-state index < -0.39 is 17.3 Å². The molecule has 0 fully saturated rings. The van der Waals surface area contributed by atoms with Crippen molar-refractivity contribution in [3.8, 4) is 0 Å². The first-order chi connectivity index (χ1) is 6.50. The van der Waals surface area contributed by atoms with Crippen molar-refractivity contribution in [2.45, 2.75) is 18.9 Å². The number of carbonyl (C=O) groups excluding carboxylic acids is 1. The largest absolute Gasteiger partial charge is 0.543 e. The van der Waals surface area contributed by atoms with Crippen molar-refractivity contribution in [3.05, 3.63) is 35.6 Å². The van der Waals surface area contributed by atoms with Crippen LogP contribution < -0.4 is 10.8 Å². The maximum Gasteiger partial charge on any atom is 0.160 e. The van der Waals surface area contributed by atoms with Crippen LogP contribution in [0, 0.1) is 5.82 Å². The minimum absolute atomic E-state index is 0.307. The van der Waals surface area contributed by atoms with Gasteiger partial charge in [0.1, 0.15) is 11.8 Å². The minimum atomic E-state index is -1.28. The van der Waals surface area contributed by atoms with Gasteiger partial charge in [0.15, 0.2) is 5.54 Å². The molecule has 1 aromatic carbocycles. The maximum absolute atomic E-state index is 12.6. The van der Waals surface area contributed by atoms with Crippen LogP contribution in [0.3, 0.4) is 0 Å². The van der Waals surface area contributed by atoms with Gasteiger partial charge in [-0.2, -0.15) is 0 Å². The zero-order valence-corrected chi connectivity index (χ0v) is 7.92. The van der Waals surface area contributed by atoms with Gasteiger partial charge in [0.05, 0.1) is 0 Å². The van der Waals surface area contributed by atoms with Gasteiger partial charge in [-0.15, -0.1) is 0 Å². The molecule has 0 spiro atoms. The highest BCUT2D eigenvalue weighted by atomic mass is 19.1. The van der Waals surface area contributed by atoms with Crippen LogP contribution >= 0.6 is 0 Å². The topological polar surface area (TPSA) is 67.8 Å². The number of aliphatic carboxylic acids is 1. The quantitative estimate of drug-likeness (QED) is 0.704. The second-order valence-electron chi connectivity index (χ2n) is 3.23. The Bertz CT molecular complexity index is 336. The monoisotopic (exact) mass is 197 g/mol. The van der Waals surface area contributed by atoms with E-state index in [4.69, 9.17) is 0 Å². The lowest BCUT2D eigenvalue weighted by Gasteiger charge is -2.25. The van der Waals surface area contributed by atoms with Crippen LogP contribution in [0.15, 0.2) is 24.3 Å². The van der Waals surface area contributed by atoms with E-state index in [1.54, 1.807) is 6.92 Å². The second-order valence-corrected chi connectivity index (χ2v) is 3.23. The van der Waals surface area contributed by atoms with E-state index >= 15 is 0 Å². The lowest BCUT2D eigenvalue weighted by molar-refractivity contribution is -0.495. The molecule has 0 saturated heterocycles. The van der Waals surface area contributed by atoms with Crippen molar-refractivity contribution < 1.29 is 20.0 Å². The van der Waals surface area contributed by atoms with E-state index in [2.05, 4.69) is 5.73 Å². The van der Waals surface area contributed by atoms with Gasteiger partial charge in [-0.3, -0.25) is 0 Å². The Morgan fingerprint density at radius 1 is 1.50 bits per heavy atom. The third-order valence-electron chi connectivity index (χ3n) is 2.39. The van der Waals surface area contributed by atoms with E-state index in [-0.39, 0.29) is 0 Å². The van der Waals surface area contributed by atoms with Crippen LogP contribution in [0.5, 0.6) is 0 Å². The lowest BCUT2D eigenvalue weighted by atomic mass is 9.88. The van der Waals surface area contributed by atoms with Crippen LogP contribution in [0.4, 0.5) is 4.39 Å². The number of carbonyl (C=O) groups is 1. The SMILES string of the molecule is CC[C@]([NH3+])(C(=O)[O-])c1ccc(F)cc1. The first kappa shape index (κ1) is 10.7. The summed E-state index contributed by atoms with van der Waals surface area (Å²) in [6, 6.07) is 5.27. The molecule has 0 aliphatic rings. The number of hydrogen-bond donors (Lipinski definition) is 1. The average Bonchev–Trinajstić information content (AvgIpc) is 2.17. The van der Waals surface area contributed by atoms with Gasteiger partial charge in [0.25, 0.3) is 0 Å². The first-order valence-electron chi connectivity index (χ1n) is 4.33. The number of benzene rings is 1. The van der Waals surface area contributed by atoms with Crippen molar-refractivity contribution in [1.29, 1.82) is 0 Å². The van der Waals surface area contributed by atoms with Crippen LogP contribution in [-0.4, -0.2) is 5.97 Å². The Morgan fingerprint density at radius 3 is 2.36 bits per heavy atom. The molecule has 0 bridgehead atoms. The molecule has 0 unspecified atom stereocenters. The molecular formula is C10H12FNO2. The molecule has 0 aliphatic carbocycles. The molecule has 1 aromatic rings. The fourth-order valence-electron chi connectivity index (χ4n) is 1.24. The molecule has 76 valence electrons. The predicted octanol–water partition coefficient (Wildman–Crippen LogP) is -0.577. The molecule has 0 heterocycles. The van der Waals surface area contributed by atoms with Crippen molar-refractivity contribution in [1.82, 2.24) is 0 Å². The zero-order chi connectivity index (χ0) is 10.8. The summed E-state index contributed by atoms with van der Waals surface area (Å²) in [5.41, 5.74) is 2.78. The smallest absolute Gasteiger partial charge is 0.160 e. The third kappa shape index (κ3) is 1.75. The number of halogens is 1. The Hall–Kier alpha value is -1.42. The molecule has 1 rings (SSSR count). The van der Waals surface area contributed by atoms with Crippen molar-refractivity contribution in [3.63, 3.8) is 0 Å². The van der Waals surface area contributed by atoms with Crippen molar-refractivity contribution in [2.24, 2.45) is 0 Å². The summed E-state index contributed by atoms with van der Waals surface area (Å²) in [4.78, 5) is 10.9. The van der Waals surface area contributed by atoms with Gasteiger partial charge in [0, 0.05) is 12.0 Å². The van der Waals surface area contributed by atoms with Gasteiger partial charge in [-0.1, -0.05) is 6.92 Å². The molecule has 4 heteroatoms. The molecule has 1 atom stereocenters. The normalized spacial score (nSPS) is 14.8. The predicted molar refractivity (Wildman–Crippen MR) is 46.3 cm³/mol. The number of rotatable bonds is 3. The average molecular weight is 197 g/mol. The van der Waals surface area contributed by atoms with Gasteiger partial charge in [-0.05, 0) is 24.3 Å². The lowest BCUT2D eigenvalue weighted by Crippen LogP contribution is -2.76. The molecular weight excluding hydrogens is 185 g/mol. The summed E-state index contributed by atoms with van der Waals surface area (Å²) >= 11 is 0. The highest BCUT2D eigenvalue weighted by molar-refractivity contribution is 5.76. The van der Waals surface area contributed by atoms with Crippen molar-refractivity contribution >= 4 is 5.97 Å². The van der Waals surface area contributed by atoms with Crippen LogP contribution in [0.2, 0.25) is 0 Å². The molecule has 0 saturated carbocycles. The van der Waals surface area contributed by atoms with E-state index in [9.17, 15) is 14.3 Å². The fraction of sp³-hybridized carbons (Fsp3) is 0.300. The summed E-state index contributed by atoms with van der Waals surface area (Å²) in [6.45, 7) is 1.70. The summed E-state index contributed by atoms with van der Waals surface area (Å²) in [5.74, 6) is -1.64. The van der Waals surface area contributed by atoms with Gasteiger partial charge < -0.3 is 15.6 Å². The summed E-state index contributed by atoms with van der Waals surface area (Å²) in [7, 11) is 0. The number of hydrogen-bond acceptors (Lipinski definition) is 2. The standard InChI is InChI=1S/C10H12FNO2/c1-2-10(12,9(13)14)7-3-5-8(11)6-4-7/h3-6H,2,12H2,1H3,(H,13,14)/t10-/m1/s1. The summed E-state index contributed by atoms with van der Waals surface area (Å²) in [5, 5.41) is 10.9. The number of carboxylic acid groups (broad SMARTS) is 1. The zero-order valence-electron chi connectivity index (χ0n) is 7.92. The van der Waals surface area contributed by atoms with Crippen LogP contribution in [-0.2, 0) is 10.3 Å². The van der Waals surface area contributed by atoms with Gasteiger partial charge in [-0.25, -0.2) is 4.39 Å².